The molecule has 16 heavy (non-hydrogen) atoms. The van der Waals surface area contributed by atoms with Crippen molar-refractivity contribution in [2.24, 2.45) is 11.3 Å². The average Bonchev–Trinajstić information content (AvgIpc) is 2.17. The molecule has 0 aromatic heterocycles. The second kappa shape index (κ2) is 5.83. The summed E-state index contributed by atoms with van der Waals surface area (Å²) < 4.78 is 0. The molecular weight excluding hydrogens is 196 g/mol. The van der Waals surface area contributed by atoms with Crippen LogP contribution in [0.5, 0.6) is 0 Å². The Bertz CT molecular complexity index is 238. The fourth-order valence-corrected chi connectivity index (χ4v) is 2.41. The summed E-state index contributed by atoms with van der Waals surface area (Å²) in [7, 11) is 2.03. The van der Waals surface area contributed by atoms with Crippen LogP contribution < -0.4 is 5.32 Å². The lowest BCUT2D eigenvalue weighted by Crippen LogP contribution is -2.36. The molecule has 0 amide bonds. The van der Waals surface area contributed by atoms with Crippen LogP contribution in [0.2, 0.25) is 0 Å². The Morgan fingerprint density at radius 2 is 2.12 bits per heavy atom. The largest absolute Gasteiger partial charge is 0.319 e. The van der Waals surface area contributed by atoms with Crippen molar-refractivity contribution in [1.82, 2.24) is 10.2 Å². The smallest absolute Gasteiger partial charge is 0.0166 e. The van der Waals surface area contributed by atoms with Crippen LogP contribution in [0.15, 0.2) is 11.6 Å². The zero-order chi connectivity index (χ0) is 12.2. The number of hydrogen-bond donors (Lipinski definition) is 1. The molecule has 1 unspecified atom stereocenters. The standard InChI is InChI=1S/C14H28N2/c1-12(10-15-5)11-16-8-6-13(7-9-16)14(2,3)4/h6,12,15H,7-11H2,1-5H3. The summed E-state index contributed by atoms with van der Waals surface area (Å²) >= 11 is 0. The zero-order valence-electron chi connectivity index (χ0n) is 11.6. The van der Waals surface area contributed by atoms with E-state index in [2.05, 4.69) is 44.0 Å². The van der Waals surface area contributed by atoms with Gasteiger partial charge in [-0.05, 0) is 31.3 Å². The third-order valence-corrected chi connectivity index (χ3v) is 3.38. The first-order valence-electron chi connectivity index (χ1n) is 6.50. The second-order valence-electron chi connectivity index (χ2n) is 6.15. The molecule has 0 bridgehead atoms. The highest BCUT2D eigenvalue weighted by atomic mass is 15.1. The highest BCUT2D eigenvalue weighted by Gasteiger charge is 2.21. The maximum atomic E-state index is 3.25. The van der Waals surface area contributed by atoms with Gasteiger partial charge < -0.3 is 5.32 Å². The summed E-state index contributed by atoms with van der Waals surface area (Å²) in [4.78, 5) is 2.57. The summed E-state index contributed by atoms with van der Waals surface area (Å²) in [6.45, 7) is 14.0. The SMILES string of the molecule is CNCC(C)CN1CC=C(C(C)(C)C)CC1. The fourth-order valence-electron chi connectivity index (χ4n) is 2.41. The quantitative estimate of drug-likeness (QED) is 0.738. The van der Waals surface area contributed by atoms with Crippen LogP contribution in [0.4, 0.5) is 0 Å². The van der Waals surface area contributed by atoms with E-state index in [4.69, 9.17) is 0 Å². The van der Waals surface area contributed by atoms with Crippen molar-refractivity contribution in [2.45, 2.75) is 34.1 Å². The van der Waals surface area contributed by atoms with Crippen molar-refractivity contribution in [2.75, 3.05) is 33.2 Å². The van der Waals surface area contributed by atoms with Gasteiger partial charge >= 0.3 is 0 Å². The second-order valence-corrected chi connectivity index (χ2v) is 6.15. The molecule has 1 aliphatic rings. The van der Waals surface area contributed by atoms with Crippen LogP contribution in [-0.2, 0) is 0 Å². The minimum atomic E-state index is 0.364. The van der Waals surface area contributed by atoms with Gasteiger partial charge in [-0.1, -0.05) is 39.3 Å². The molecule has 2 nitrogen and oxygen atoms in total. The first-order valence-corrected chi connectivity index (χ1v) is 6.50. The molecule has 94 valence electrons. The van der Waals surface area contributed by atoms with E-state index in [0.29, 0.717) is 5.41 Å². The first kappa shape index (κ1) is 13.7. The monoisotopic (exact) mass is 224 g/mol. The molecule has 0 spiro atoms. The Balaban J connectivity index is 2.39. The van der Waals surface area contributed by atoms with E-state index in [1.165, 1.54) is 19.5 Å². The zero-order valence-corrected chi connectivity index (χ0v) is 11.6. The number of hydrogen-bond acceptors (Lipinski definition) is 2. The molecule has 0 aliphatic carbocycles. The van der Waals surface area contributed by atoms with Crippen LogP contribution in [0.25, 0.3) is 0 Å². The Morgan fingerprint density at radius 1 is 1.44 bits per heavy atom. The Labute approximate surface area is 101 Å². The molecule has 0 aromatic carbocycles. The Kier molecular flexibility index (Phi) is 5.00. The minimum absolute atomic E-state index is 0.364. The predicted octanol–water partition coefficient (Wildman–Crippen LogP) is 2.52. The molecule has 1 N–H and O–H groups in total. The van der Waals surface area contributed by atoms with Gasteiger partial charge in [0.1, 0.15) is 0 Å². The number of nitrogens with zero attached hydrogens (tertiary/aromatic N) is 1. The third kappa shape index (κ3) is 4.26. The lowest BCUT2D eigenvalue weighted by atomic mass is 9.83. The van der Waals surface area contributed by atoms with Crippen LogP contribution in [0, 0.1) is 11.3 Å². The van der Waals surface area contributed by atoms with Gasteiger partial charge in [0.15, 0.2) is 0 Å². The highest BCUT2D eigenvalue weighted by Crippen LogP contribution is 2.30. The van der Waals surface area contributed by atoms with Gasteiger partial charge in [0, 0.05) is 19.6 Å². The molecule has 1 rings (SSSR count). The van der Waals surface area contributed by atoms with E-state index < -0.39 is 0 Å². The van der Waals surface area contributed by atoms with E-state index in [9.17, 15) is 0 Å². The third-order valence-electron chi connectivity index (χ3n) is 3.38. The number of nitrogens with one attached hydrogen (secondary N) is 1. The molecular formula is C14H28N2. The van der Waals surface area contributed by atoms with Gasteiger partial charge in [-0.2, -0.15) is 0 Å². The Hall–Kier alpha value is -0.340. The van der Waals surface area contributed by atoms with Crippen LogP contribution in [0.1, 0.15) is 34.1 Å². The van der Waals surface area contributed by atoms with Gasteiger partial charge in [-0.25, -0.2) is 0 Å². The fraction of sp³-hybridized carbons (Fsp3) is 0.857. The minimum Gasteiger partial charge on any atom is -0.319 e. The van der Waals surface area contributed by atoms with Crippen molar-refractivity contribution >= 4 is 0 Å². The van der Waals surface area contributed by atoms with Gasteiger partial charge in [-0.3, -0.25) is 4.90 Å². The van der Waals surface area contributed by atoms with E-state index >= 15 is 0 Å². The predicted molar refractivity (Wildman–Crippen MR) is 71.7 cm³/mol. The molecule has 0 fully saturated rings. The average molecular weight is 224 g/mol. The van der Waals surface area contributed by atoms with Crippen molar-refractivity contribution in [3.05, 3.63) is 11.6 Å². The van der Waals surface area contributed by atoms with Gasteiger partial charge in [-0.15, -0.1) is 0 Å². The molecule has 0 radical (unpaired) electrons. The lowest BCUT2D eigenvalue weighted by Gasteiger charge is -2.33. The summed E-state index contributed by atoms with van der Waals surface area (Å²) in [5.74, 6) is 0.745. The topological polar surface area (TPSA) is 15.3 Å². The highest BCUT2D eigenvalue weighted by molar-refractivity contribution is 5.14. The van der Waals surface area contributed by atoms with Crippen LogP contribution >= 0.6 is 0 Å². The van der Waals surface area contributed by atoms with Crippen LogP contribution in [0.3, 0.4) is 0 Å². The van der Waals surface area contributed by atoms with Crippen molar-refractivity contribution in [3.8, 4) is 0 Å². The normalized spacial score (nSPS) is 20.7. The maximum absolute atomic E-state index is 3.25. The lowest BCUT2D eigenvalue weighted by molar-refractivity contribution is 0.242. The van der Waals surface area contributed by atoms with E-state index in [-0.39, 0.29) is 0 Å². The molecule has 0 aromatic rings. The molecule has 1 aliphatic heterocycles. The molecule has 2 heteroatoms. The van der Waals surface area contributed by atoms with Gasteiger partial charge in [0.2, 0.25) is 0 Å². The Morgan fingerprint density at radius 3 is 2.56 bits per heavy atom. The van der Waals surface area contributed by atoms with E-state index in [1.54, 1.807) is 5.57 Å². The summed E-state index contributed by atoms with van der Waals surface area (Å²) in [5.41, 5.74) is 1.99. The van der Waals surface area contributed by atoms with Gasteiger partial charge in [0.25, 0.3) is 0 Å². The molecule has 1 heterocycles. The first-order chi connectivity index (χ1) is 7.43. The maximum Gasteiger partial charge on any atom is 0.0166 e. The number of rotatable bonds is 4. The summed E-state index contributed by atoms with van der Waals surface area (Å²) in [6.07, 6.45) is 3.69. The van der Waals surface area contributed by atoms with Crippen molar-refractivity contribution in [3.63, 3.8) is 0 Å². The van der Waals surface area contributed by atoms with E-state index in [1.807, 2.05) is 7.05 Å². The van der Waals surface area contributed by atoms with Crippen LogP contribution in [-0.4, -0.2) is 38.1 Å². The molecule has 0 saturated heterocycles. The molecule has 1 atom stereocenters. The van der Waals surface area contributed by atoms with Crippen molar-refractivity contribution < 1.29 is 0 Å². The summed E-state index contributed by atoms with van der Waals surface area (Å²) in [6, 6.07) is 0. The van der Waals surface area contributed by atoms with Gasteiger partial charge in [0.05, 0.1) is 0 Å². The summed E-state index contributed by atoms with van der Waals surface area (Å²) in [5, 5.41) is 3.25. The molecule has 0 saturated carbocycles. The van der Waals surface area contributed by atoms with Crippen molar-refractivity contribution in [1.29, 1.82) is 0 Å². The van der Waals surface area contributed by atoms with E-state index in [0.717, 1.165) is 19.0 Å².